The normalized spacial score (nSPS) is 12.8. The number of aryl methyl sites for hydroxylation is 2. The van der Waals surface area contributed by atoms with E-state index in [-0.39, 0.29) is 36.3 Å². The van der Waals surface area contributed by atoms with Crippen LogP contribution in [-0.4, -0.2) is 37.2 Å². The summed E-state index contributed by atoms with van der Waals surface area (Å²) in [6.45, 7) is 5.60. The van der Waals surface area contributed by atoms with E-state index in [0.29, 0.717) is 24.4 Å². The van der Waals surface area contributed by atoms with Crippen molar-refractivity contribution >= 4 is 36.4 Å². The number of hydrogen-bond donors (Lipinski definition) is 4. The third-order valence-electron chi connectivity index (χ3n) is 4.65. The van der Waals surface area contributed by atoms with Gasteiger partial charge in [-0.25, -0.2) is 9.50 Å². The molecule has 146 valence electrons. The van der Waals surface area contributed by atoms with E-state index in [2.05, 4.69) is 30.9 Å². The maximum absolute atomic E-state index is 12.5. The fourth-order valence-corrected chi connectivity index (χ4v) is 3.28. The zero-order chi connectivity index (χ0) is 17.6. The summed E-state index contributed by atoms with van der Waals surface area (Å²) < 4.78 is 1.64. The topological polar surface area (TPSA) is 120 Å². The minimum Gasteiger partial charge on any atom is -0.346 e. The van der Waals surface area contributed by atoms with E-state index in [1.807, 2.05) is 13.8 Å². The van der Waals surface area contributed by atoms with Gasteiger partial charge in [-0.2, -0.15) is 5.10 Å². The number of hydrogen-bond acceptors (Lipinski definition) is 5. The highest BCUT2D eigenvalue weighted by Gasteiger charge is 2.22. The molecule has 0 fully saturated rings. The van der Waals surface area contributed by atoms with Crippen LogP contribution in [0.2, 0.25) is 0 Å². The van der Waals surface area contributed by atoms with E-state index < -0.39 is 0 Å². The first-order chi connectivity index (χ1) is 12.0. The number of H-pyrrole nitrogens is 2. The van der Waals surface area contributed by atoms with Crippen LogP contribution in [0.25, 0.3) is 5.65 Å². The minimum atomic E-state index is -0.221. The number of carbonyl (C=O) groups excluding carboxylic acids is 1. The Hall–Kier alpha value is -2.36. The Kier molecular flexibility index (Phi) is 6.30. The van der Waals surface area contributed by atoms with E-state index in [1.165, 1.54) is 6.07 Å². The molecule has 0 radical (unpaired) electrons. The number of halogens is 2. The largest absolute Gasteiger partial charge is 0.346 e. The van der Waals surface area contributed by atoms with Gasteiger partial charge >= 0.3 is 0 Å². The average molecular weight is 414 g/mol. The molecule has 3 aromatic rings. The van der Waals surface area contributed by atoms with Crippen LogP contribution in [-0.2, 0) is 19.5 Å². The molecule has 4 N–H and O–H groups in total. The molecule has 1 aliphatic rings. The Bertz CT molecular complexity index is 1040. The lowest BCUT2D eigenvalue weighted by atomic mass is 10.1. The third-order valence-corrected chi connectivity index (χ3v) is 4.65. The van der Waals surface area contributed by atoms with Gasteiger partial charge < -0.3 is 10.6 Å². The number of rotatable bonds is 3. The van der Waals surface area contributed by atoms with E-state index >= 15 is 0 Å². The van der Waals surface area contributed by atoms with Crippen molar-refractivity contribution in [3.63, 3.8) is 0 Å². The highest BCUT2D eigenvalue weighted by Crippen LogP contribution is 2.16. The molecular formula is C16H21Cl2N7O2. The second-order valence-corrected chi connectivity index (χ2v) is 6.21. The van der Waals surface area contributed by atoms with E-state index in [0.717, 1.165) is 41.2 Å². The molecule has 0 saturated carbocycles. The molecule has 1 amide bonds. The van der Waals surface area contributed by atoms with E-state index in [1.54, 1.807) is 4.52 Å². The first-order valence-electron chi connectivity index (χ1n) is 8.17. The molecule has 4 rings (SSSR count). The monoisotopic (exact) mass is 413 g/mol. The van der Waals surface area contributed by atoms with Gasteiger partial charge in [-0.1, -0.05) is 0 Å². The molecule has 0 spiro atoms. The van der Waals surface area contributed by atoms with Gasteiger partial charge in [0, 0.05) is 60.3 Å². The van der Waals surface area contributed by atoms with Gasteiger partial charge in [-0.05, 0) is 13.8 Å². The number of carbonyl (C=O) groups is 1. The van der Waals surface area contributed by atoms with Crippen molar-refractivity contribution in [3.05, 3.63) is 50.3 Å². The lowest BCUT2D eigenvalue weighted by Gasteiger charge is -2.14. The Labute approximate surface area is 167 Å². The zero-order valence-corrected chi connectivity index (χ0v) is 16.5. The zero-order valence-electron chi connectivity index (χ0n) is 14.9. The molecule has 11 heteroatoms. The van der Waals surface area contributed by atoms with Crippen molar-refractivity contribution in [2.24, 2.45) is 0 Å². The van der Waals surface area contributed by atoms with Crippen LogP contribution in [0.1, 0.15) is 38.7 Å². The molecule has 0 aromatic carbocycles. The van der Waals surface area contributed by atoms with Crippen LogP contribution >= 0.6 is 24.8 Å². The number of aromatic amines is 2. The number of aromatic nitrogens is 5. The molecule has 3 aromatic heterocycles. The smallest absolute Gasteiger partial charge is 0.272 e. The standard InChI is InChI=1S/C16H19N7O2.2ClH/c1-8-10(9(2)23-13(19-8)5-14(24)22-23)7-18-16(25)15-11-6-17-4-3-12(11)20-21-15;;/h5,17H,3-4,6-7H2,1-2H3,(H,18,25)(H,20,21)(H,22,24);2*1H. The lowest BCUT2D eigenvalue weighted by molar-refractivity contribution is 0.0944. The summed E-state index contributed by atoms with van der Waals surface area (Å²) in [6, 6.07) is 1.45. The summed E-state index contributed by atoms with van der Waals surface area (Å²) in [4.78, 5) is 28.5. The van der Waals surface area contributed by atoms with Gasteiger partial charge in [0.1, 0.15) is 0 Å². The Balaban J connectivity index is 0.00000131. The summed E-state index contributed by atoms with van der Waals surface area (Å²) in [5.41, 5.74) is 5.24. The first kappa shape index (κ1) is 20.9. The number of nitrogens with zero attached hydrogens (tertiary/aromatic N) is 3. The van der Waals surface area contributed by atoms with Crippen LogP contribution in [0.3, 0.4) is 0 Å². The second-order valence-electron chi connectivity index (χ2n) is 6.21. The van der Waals surface area contributed by atoms with Gasteiger partial charge in [-0.15, -0.1) is 24.8 Å². The third kappa shape index (κ3) is 3.71. The summed E-state index contributed by atoms with van der Waals surface area (Å²) in [5, 5.41) is 16.0. The lowest BCUT2D eigenvalue weighted by Crippen LogP contribution is -2.29. The van der Waals surface area contributed by atoms with Gasteiger partial charge in [0.05, 0.1) is 0 Å². The van der Waals surface area contributed by atoms with Crippen molar-refractivity contribution in [1.82, 2.24) is 35.4 Å². The quantitative estimate of drug-likeness (QED) is 0.505. The molecule has 0 atom stereocenters. The molecule has 4 heterocycles. The van der Waals surface area contributed by atoms with Gasteiger partial charge in [0.2, 0.25) is 0 Å². The SMILES string of the molecule is Cc1nc2cc(=O)[nH]n2c(C)c1CNC(=O)c1n[nH]c2c1CNCC2.Cl.Cl. The van der Waals surface area contributed by atoms with Crippen molar-refractivity contribution in [3.8, 4) is 0 Å². The highest BCUT2D eigenvalue weighted by atomic mass is 35.5. The molecule has 27 heavy (non-hydrogen) atoms. The Morgan fingerprint density at radius 1 is 1.33 bits per heavy atom. The van der Waals surface area contributed by atoms with Crippen molar-refractivity contribution in [2.45, 2.75) is 33.4 Å². The molecule has 0 unspecified atom stereocenters. The number of fused-ring (bicyclic) bond motifs is 2. The molecular weight excluding hydrogens is 393 g/mol. The van der Waals surface area contributed by atoms with Gasteiger partial charge in [0.25, 0.3) is 11.5 Å². The maximum Gasteiger partial charge on any atom is 0.272 e. The maximum atomic E-state index is 12.5. The van der Waals surface area contributed by atoms with E-state index in [4.69, 9.17) is 0 Å². The number of amides is 1. The average Bonchev–Trinajstić information content (AvgIpc) is 3.17. The molecule has 1 aliphatic heterocycles. The summed E-state index contributed by atoms with van der Waals surface area (Å²) in [6.07, 6.45) is 0.843. The minimum absolute atomic E-state index is 0. The predicted octanol–water partition coefficient (Wildman–Crippen LogP) is 0.782. The Morgan fingerprint density at radius 3 is 2.89 bits per heavy atom. The van der Waals surface area contributed by atoms with Crippen LogP contribution in [0, 0.1) is 13.8 Å². The summed E-state index contributed by atoms with van der Waals surface area (Å²) >= 11 is 0. The first-order valence-corrected chi connectivity index (χ1v) is 8.17. The second kappa shape index (κ2) is 8.12. The molecule has 0 bridgehead atoms. The Morgan fingerprint density at radius 2 is 2.11 bits per heavy atom. The predicted molar refractivity (Wildman–Crippen MR) is 105 cm³/mol. The van der Waals surface area contributed by atoms with Gasteiger partial charge in [-0.3, -0.25) is 19.8 Å². The number of nitrogens with one attached hydrogen (secondary N) is 4. The fourth-order valence-electron chi connectivity index (χ4n) is 3.28. The molecule has 0 saturated heterocycles. The van der Waals surface area contributed by atoms with Gasteiger partial charge in [0.15, 0.2) is 11.3 Å². The molecule has 0 aliphatic carbocycles. The highest BCUT2D eigenvalue weighted by molar-refractivity contribution is 5.94. The van der Waals surface area contributed by atoms with Crippen molar-refractivity contribution in [2.75, 3.05) is 6.54 Å². The van der Waals surface area contributed by atoms with Crippen LogP contribution in [0.15, 0.2) is 10.9 Å². The van der Waals surface area contributed by atoms with Crippen molar-refractivity contribution < 1.29 is 4.79 Å². The fraction of sp³-hybridized carbons (Fsp3) is 0.375. The van der Waals surface area contributed by atoms with Crippen molar-refractivity contribution in [1.29, 1.82) is 0 Å². The van der Waals surface area contributed by atoms with E-state index in [9.17, 15) is 9.59 Å². The van der Waals surface area contributed by atoms with Crippen LogP contribution in [0.5, 0.6) is 0 Å². The van der Waals surface area contributed by atoms with Crippen LogP contribution in [0.4, 0.5) is 0 Å². The summed E-state index contributed by atoms with van der Waals surface area (Å²) in [5.74, 6) is -0.221. The molecule has 9 nitrogen and oxygen atoms in total. The summed E-state index contributed by atoms with van der Waals surface area (Å²) in [7, 11) is 0. The van der Waals surface area contributed by atoms with Crippen LogP contribution < -0.4 is 16.2 Å².